The Morgan fingerprint density at radius 1 is 1.37 bits per heavy atom. The van der Waals surface area contributed by atoms with Gasteiger partial charge in [-0.2, -0.15) is 0 Å². The second kappa shape index (κ2) is 6.82. The van der Waals surface area contributed by atoms with Crippen molar-refractivity contribution in [1.82, 2.24) is 5.32 Å². The minimum Gasteiger partial charge on any atom is -0.381 e. The average molecular weight is 269 g/mol. The molecule has 1 spiro atoms. The van der Waals surface area contributed by atoms with Crippen LogP contribution < -0.4 is 5.32 Å². The van der Waals surface area contributed by atoms with Crippen LogP contribution in [0.15, 0.2) is 0 Å². The van der Waals surface area contributed by atoms with Crippen molar-refractivity contribution in [3.63, 3.8) is 0 Å². The zero-order valence-electron chi connectivity index (χ0n) is 12.2. The van der Waals surface area contributed by atoms with Crippen LogP contribution in [0.1, 0.15) is 46.0 Å². The van der Waals surface area contributed by atoms with E-state index in [9.17, 15) is 4.79 Å². The van der Waals surface area contributed by atoms with Crippen LogP contribution >= 0.6 is 0 Å². The molecule has 2 heterocycles. The number of hydrogen-bond donors (Lipinski definition) is 1. The van der Waals surface area contributed by atoms with Gasteiger partial charge in [0.25, 0.3) is 0 Å². The minimum absolute atomic E-state index is 0.0762. The number of ketones is 1. The zero-order valence-corrected chi connectivity index (χ0v) is 12.2. The van der Waals surface area contributed by atoms with Crippen LogP contribution in [0.5, 0.6) is 0 Å². The minimum atomic E-state index is -0.0762. The molecule has 0 radical (unpaired) electrons. The zero-order chi connectivity index (χ0) is 13.7. The van der Waals surface area contributed by atoms with Gasteiger partial charge in [0, 0.05) is 31.8 Å². The van der Waals surface area contributed by atoms with Gasteiger partial charge in [-0.1, -0.05) is 6.92 Å². The van der Waals surface area contributed by atoms with E-state index >= 15 is 0 Å². The topological polar surface area (TPSA) is 47.6 Å². The number of carbonyl (C=O) groups excluding carboxylic acids is 1. The van der Waals surface area contributed by atoms with E-state index in [-0.39, 0.29) is 11.5 Å². The number of ether oxygens (including phenoxy) is 2. The summed E-state index contributed by atoms with van der Waals surface area (Å²) in [4.78, 5) is 12.3. The first kappa shape index (κ1) is 14.9. The summed E-state index contributed by atoms with van der Waals surface area (Å²) in [6.45, 7) is 7.02. The monoisotopic (exact) mass is 269 g/mol. The molecule has 4 nitrogen and oxygen atoms in total. The summed E-state index contributed by atoms with van der Waals surface area (Å²) in [5, 5.41) is 3.31. The van der Waals surface area contributed by atoms with Gasteiger partial charge in [-0.3, -0.25) is 4.79 Å². The van der Waals surface area contributed by atoms with E-state index in [1.807, 2.05) is 0 Å². The van der Waals surface area contributed by atoms with Gasteiger partial charge in [-0.25, -0.2) is 0 Å². The summed E-state index contributed by atoms with van der Waals surface area (Å²) < 4.78 is 11.4. The molecule has 2 aliphatic heterocycles. The van der Waals surface area contributed by atoms with Crippen molar-refractivity contribution in [2.45, 2.75) is 57.6 Å². The second-order valence-corrected chi connectivity index (χ2v) is 5.99. The van der Waals surface area contributed by atoms with Gasteiger partial charge in [-0.15, -0.1) is 0 Å². The molecule has 0 aromatic carbocycles. The third-order valence-corrected chi connectivity index (χ3v) is 4.59. The first-order chi connectivity index (χ1) is 9.15. The van der Waals surface area contributed by atoms with E-state index in [0.717, 1.165) is 51.9 Å². The van der Waals surface area contributed by atoms with Crippen molar-refractivity contribution >= 4 is 5.78 Å². The molecule has 4 heteroatoms. The first-order valence-electron chi connectivity index (χ1n) is 7.63. The normalized spacial score (nSPS) is 28.2. The lowest BCUT2D eigenvalue weighted by Crippen LogP contribution is -2.47. The Bertz CT molecular complexity index is 294. The molecular formula is C15H27NO3. The smallest absolute Gasteiger partial charge is 0.149 e. The Balaban J connectivity index is 1.84. The van der Waals surface area contributed by atoms with Crippen LogP contribution in [-0.4, -0.2) is 43.8 Å². The van der Waals surface area contributed by atoms with Crippen LogP contribution in [-0.2, 0) is 14.3 Å². The standard InChI is InChI=1S/C15H27NO3/c1-3-12(2)16-11-14(17)13-4-7-19-15(10-13)5-8-18-9-6-15/h12-13,16H,3-11H2,1-2H3. The van der Waals surface area contributed by atoms with Gasteiger partial charge in [-0.05, 0) is 39.0 Å². The number of hydrogen-bond acceptors (Lipinski definition) is 4. The SMILES string of the molecule is CCC(C)NCC(=O)C1CCOC2(CCOCC2)C1. The third kappa shape index (κ3) is 4.01. The molecule has 0 amide bonds. The highest BCUT2D eigenvalue weighted by Gasteiger charge is 2.40. The van der Waals surface area contributed by atoms with E-state index < -0.39 is 0 Å². The van der Waals surface area contributed by atoms with Crippen molar-refractivity contribution in [2.75, 3.05) is 26.4 Å². The summed E-state index contributed by atoms with van der Waals surface area (Å²) in [5.74, 6) is 0.526. The van der Waals surface area contributed by atoms with E-state index in [4.69, 9.17) is 9.47 Å². The number of rotatable bonds is 5. The summed E-state index contributed by atoms with van der Waals surface area (Å²) >= 11 is 0. The molecule has 2 saturated heterocycles. The fourth-order valence-corrected chi connectivity index (χ4v) is 2.96. The number of nitrogens with one attached hydrogen (secondary N) is 1. The Morgan fingerprint density at radius 2 is 2.11 bits per heavy atom. The van der Waals surface area contributed by atoms with Gasteiger partial charge in [0.05, 0.1) is 12.1 Å². The maximum absolute atomic E-state index is 12.3. The fraction of sp³-hybridized carbons (Fsp3) is 0.933. The maximum Gasteiger partial charge on any atom is 0.149 e. The second-order valence-electron chi connectivity index (χ2n) is 5.99. The Kier molecular flexibility index (Phi) is 5.37. The summed E-state index contributed by atoms with van der Waals surface area (Å²) in [6, 6.07) is 0.417. The molecule has 0 aromatic heterocycles. The fourth-order valence-electron chi connectivity index (χ4n) is 2.96. The van der Waals surface area contributed by atoms with Gasteiger partial charge in [0.1, 0.15) is 5.78 Å². The van der Waals surface area contributed by atoms with Gasteiger partial charge in [0.2, 0.25) is 0 Å². The molecule has 110 valence electrons. The highest BCUT2D eigenvalue weighted by atomic mass is 16.5. The van der Waals surface area contributed by atoms with Gasteiger partial charge >= 0.3 is 0 Å². The first-order valence-corrected chi connectivity index (χ1v) is 7.63. The quantitative estimate of drug-likeness (QED) is 0.828. The highest BCUT2D eigenvalue weighted by molar-refractivity contribution is 5.83. The third-order valence-electron chi connectivity index (χ3n) is 4.59. The summed E-state index contributed by atoms with van der Waals surface area (Å²) in [5.41, 5.74) is -0.0762. The van der Waals surface area contributed by atoms with Crippen molar-refractivity contribution in [3.05, 3.63) is 0 Å². The molecule has 19 heavy (non-hydrogen) atoms. The van der Waals surface area contributed by atoms with E-state index in [0.29, 0.717) is 18.4 Å². The molecule has 2 fully saturated rings. The number of carbonyl (C=O) groups is 1. The lowest BCUT2D eigenvalue weighted by Gasteiger charge is -2.43. The van der Waals surface area contributed by atoms with E-state index in [2.05, 4.69) is 19.2 Å². The molecule has 0 aromatic rings. The Labute approximate surface area is 116 Å². The van der Waals surface area contributed by atoms with Crippen LogP contribution in [0.2, 0.25) is 0 Å². The number of Topliss-reactive ketones (excluding diaryl/α,β-unsaturated/α-hetero) is 1. The highest BCUT2D eigenvalue weighted by Crippen LogP contribution is 2.37. The predicted octanol–water partition coefficient (Wildman–Crippen LogP) is 1.92. The molecule has 2 aliphatic rings. The van der Waals surface area contributed by atoms with Crippen molar-refractivity contribution in [1.29, 1.82) is 0 Å². The van der Waals surface area contributed by atoms with Gasteiger partial charge < -0.3 is 14.8 Å². The maximum atomic E-state index is 12.3. The molecular weight excluding hydrogens is 242 g/mol. The molecule has 0 saturated carbocycles. The van der Waals surface area contributed by atoms with E-state index in [1.54, 1.807) is 0 Å². The van der Waals surface area contributed by atoms with Crippen molar-refractivity contribution in [2.24, 2.45) is 5.92 Å². The summed E-state index contributed by atoms with van der Waals surface area (Å²) in [7, 11) is 0. The molecule has 1 N–H and O–H groups in total. The Hall–Kier alpha value is -0.450. The molecule has 0 bridgehead atoms. The molecule has 2 unspecified atom stereocenters. The summed E-state index contributed by atoms with van der Waals surface area (Å²) in [6.07, 6.45) is 4.70. The largest absolute Gasteiger partial charge is 0.381 e. The predicted molar refractivity (Wildman–Crippen MR) is 74.2 cm³/mol. The van der Waals surface area contributed by atoms with Crippen molar-refractivity contribution in [3.8, 4) is 0 Å². The molecule has 2 atom stereocenters. The van der Waals surface area contributed by atoms with Crippen LogP contribution in [0.4, 0.5) is 0 Å². The van der Waals surface area contributed by atoms with Gasteiger partial charge in [0.15, 0.2) is 0 Å². The lowest BCUT2D eigenvalue weighted by atomic mass is 9.79. The lowest BCUT2D eigenvalue weighted by molar-refractivity contribution is -0.156. The molecule has 2 rings (SSSR count). The van der Waals surface area contributed by atoms with Crippen molar-refractivity contribution < 1.29 is 14.3 Å². The average Bonchev–Trinajstić information content (AvgIpc) is 2.45. The molecule has 0 aliphatic carbocycles. The van der Waals surface area contributed by atoms with Crippen LogP contribution in [0.3, 0.4) is 0 Å². The van der Waals surface area contributed by atoms with Crippen LogP contribution in [0.25, 0.3) is 0 Å². The Morgan fingerprint density at radius 3 is 2.79 bits per heavy atom. The van der Waals surface area contributed by atoms with E-state index in [1.165, 1.54) is 0 Å². The van der Waals surface area contributed by atoms with Crippen LogP contribution in [0, 0.1) is 5.92 Å².